The lowest BCUT2D eigenvalue weighted by atomic mass is 9.98. The van der Waals surface area contributed by atoms with Crippen molar-refractivity contribution in [3.05, 3.63) is 136 Å². The van der Waals surface area contributed by atoms with Crippen LogP contribution in [0, 0.1) is 6.92 Å². The number of Topliss-reactive ketones (excluding diaryl/α,β-unsaturated/α-hetero) is 1. The summed E-state index contributed by atoms with van der Waals surface area (Å²) in [7, 11) is 6.89. The average molecular weight is 1060 g/mol. The molecule has 0 unspecified atom stereocenters. The molecular formula is C60H70N4O9S2. The molecule has 13 nitrogen and oxygen atoms in total. The first-order valence-corrected chi connectivity index (χ1v) is 28.6. The normalized spacial score (nSPS) is 16.3. The second kappa shape index (κ2) is 24.9. The van der Waals surface area contributed by atoms with Gasteiger partial charge in [-0.15, -0.1) is 0 Å². The largest absolute Gasteiger partial charge is 0.493 e. The van der Waals surface area contributed by atoms with Crippen molar-refractivity contribution in [2.45, 2.75) is 103 Å². The number of rotatable bonds is 26. The van der Waals surface area contributed by atoms with E-state index in [0.29, 0.717) is 93.9 Å². The van der Waals surface area contributed by atoms with Gasteiger partial charge in [0.15, 0.2) is 11.5 Å². The van der Waals surface area contributed by atoms with Crippen LogP contribution in [0.1, 0.15) is 101 Å². The molecule has 0 fully saturated rings. The SMILES string of the molecule is CCC(=O)CCCSSC(C)(C)CN(CCOCCOCCOC)c1cc(COc2cc3c(cc2C)C(=O)N2c4ccccc4C[C@H]2CC3)cc(COc2cc3c(cc2OC)C(=O)N2c4ccccc4C[C@H]2C=N3)c1. The number of aliphatic imine (C=N–C) groups is 1. The summed E-state index contributed by atoms with van der Waals surface area (Å²) in [5, 5.41) is 0. The van der Waals surface area contributed by atoms with Gasteiger partial charge in [-0.05, 0) is 128 Å². The number of para-hydroxylation sites is 2. The number of ether oxygens (including phenoxy) is 6. The predicted molar refractivity (Wildman–Crippen MR) is 302 cm³/mol. The van der Waals surface area contributed by atoms with Crippen molar-refractivity contribution in [2.24, 2.45) is 4.99 Å². The van der Waals surface area contributed by atoms with E-state index in [1.54, 1.807) is 26.4 Å². The van der Waals surface area contributed by atoms with Crippen LogP contribution in [0.4, 0.5) is 22.7 Å². The molecule has 396 valence electrons. The molecule has 0 saturated heterocycles. The first-order chi connectivity index (χ1) is 36.4. The summed E-state index contributed by atoms with van der Waals surface area (Å²) in [6.45, 7) is 12.6. The fourth-order valence-corrected chi connectivity index (χ4v) is 13.0. The molecule has 2 amide bonds. The van der Waals surface area contributed by atoms with Crippen molar-refractivity contribution in [2.75, 3.05) is 80.8 Å². The average Bonchev–Trinajstić information content (AvgIpc) is 3.92. The van der Waals surface area contributed by atoms with Gasteiger partial charge < -0.3 is 38.2 Å². The lowest BCUT2D eigenvalue weighted by Crippen LogP contribution is -2.38. The molecule has 0 N–H and O–H groups in total. The predicted octanol–water partition coefficient (Wildman–Crippen LogP) is 11.4. The molecule has 5 aromatic carbocycles. The number of hydrogen-bond acceptors (Lipinski definition) is 13. The summed E-state index contributed by atoms with van der Waals surface area (Å²) >= 11 is 0. The first kappa shape index (κ1) is 54.0. The van der Waals surface area contributed by atoms with E-state index in [1.807, 2.05) is 81.8 Å². The van der Waals surface area contributed by atoms with Gasteiger partial charge in [0.1, 0.15) is 24.7 Å². The van der Waals surface area contributed by atoms with Crippen LogP contribution in [0.25, 0.3) is 0 Å². The number of anilines is 3. The van der Waals surface area contributed by atoms with Crippen LogP contribution in [0.3, 0.4) is 0 Å². The molecule has 4 aliphatic heterocycles. The maximum atomic E-state index is 14.2. The molecule has 0 aromatic heterocycles. The summed E-state index contributed by atoms with van der Waals surface area (Å²) in [6, 6.07) is 30.3. The van der Waals surface area contributed by atoms with Crippen LogP contribution in [0.15, 0.2) is 96.0 Å². The van der Waals surface area contributed by atoms with Crippen LogP contribution in [-0.4, -0.2) is 107 Å². The summed E-state index contributed by atoms with van der Waals surface area (Å²) in [5.41, 5.74) is 10.7. The molecule has 5 aromatic rings. The third-order valence-electron chi connectivity index (χ3n) is 14.2. The second-order valence-electron chi connectivity index (χ2n) is 20.2. The van der Waals surface area contributed by atoms with Crippen molar-refractivity contribution >= 4 is 68.1 Å². The van der Waals surface area contributed by atoms with Crippen LogP contribution < -0.4 is 28.9 Å². The number of benzene rings is 5. The Morgan fingerprint density at radius 2 is 1.44 bits per heavy atom. The Labute approximate surface area is 450 Å². The van der Waals surface area contributed by atoms with Gasteiger partial charge in [-0.25, -0.2) is 0 Å². The zero-order valence-corrected chi connectivity index (χ0v) is 45.8. The highest BCUT2D eigenvalue weighted by atomic mass is 33.1. The Morgan fingerprint density at radius 1 is 0.760 bits per heavy atom. The third kappa shape index (κ3) is 12.9. The van der Waals surface area contributed by atoms with Crippen molar-refractivity contribution in [1.82, 2.24) is 0 Å². The standard InChI is InChI=1S/C60H70N4O9S2/c1-7-49(65)15-12-26-74-75-60(3,4)39-62(20-21-70-24-25-71-23-22-68-5)47-29-41(37-72-55-33-43-18-19-46-31-44-13-8-10-16-53(44)63(46)58(66)50(43)27-40(55)2)28-42(30-47)38-73-57-35-52-51(34-56(57)69-6)59(67)64-48(36-61-52)32-45-14-9-11-17-54(45)64/h8-11,13-14,16-17,27-30,33-36,46,48H,7,12,15,18-26,31-32,37-39H2,1-6H3/t46-,48+/m1/s1. The zero-order valence-electron chi connectivity index (χ0n) is 44.2. The Bertz CT molecular complexity index is 2890. The van der Waals surface area contributed by atoms with E-state index in [-0.39, 0.29) is 41.9 Å². The highest BCUT2D eigenvalue weighted by Gasteiger charge is 2.38. The van der Waals surface area contributed by atoms with Gasteiger partial charge in [-0.3, -0.25) is 24.3 Å². The number of fused-ring (bicyclic) bond motifs is 8. The molecular weight excluding hydrogens is 985 g/mol. The molecule has 15 heteroatoms. The molecule has 2 atom stereocenters. The van der Waals surface area contributed by atoms with Crippen LogP contribution in [-0.2, 0) is 51.5 Å². The van der Waals surface area contributed by atoms with Crippen LogP contribution >= 0.6 is 21.6 Å². The minimum absolute atomic E-state index is 0.0499. The smallest absolute Gasteiger partial charge is 0.261 e. The van der Waals surface area contributed by atoms with Gasteiger partial charge in [0, 0.05) is 90.9 Å². The number of amides is 2. The zero-order chi connectivity index (χ0) is 52.5. The van der Waals surface area contributed by atoms with Gasteiger partial charge in [0.05, 0.1) is 57.4 Å². The number of hydrogen-bond donors (Lipinski definition) is 0. The van der Waals surface area contributed by atoms with Gasteiger partial charge in [-0.1, -0.05) is 64.9 Å². The number of aryl methyl sites for hydroxylation is 2. The minimum atomic E-state index is -0.191. The number of ketones is 1. The third-order valence-corrected chi connectivity index (χ3v) is 17.6. The molecule has 4 aliphatic rings. The molecule has 0 spiro atoms. The summed E-state index contributed by atoms with van der Waals surface area (Å²) in [6.07, 6.45) is 7.12. The number of carbonyl (C=O) groups excluding carboxylic acids is 3. The van der Waals surface area contributed by atoms with Crippen molar-refractivity contribution in [3.63, 3.8) is 0 Å². The Kier molecular flexibility index (Phi) is 17.9. The quantitative estimate of drug-likeness (QED) is 0.0386. The van der Waals surface area contributed by atoms with Gasteiger partial charge >= 0.3 is 0 Å². The monoisotopic (exact) mass is 1050 g/mol. The molecule has 4 heterocycles. The van der Waals surface area contributed by atoms with Crippen LogP contribution in [0.2, 0.25) is 0 Å². The highest BCUT2D eigenvalue weighted by molar-refractivity contribution is 8.77. The van der Waals surface area contributed by atoms with E-state index in [0.717, 1.165) is 87.6 Å². The highest BCUT2D eigenvalue weighted by Crippen LogP contribution is 2.43. The van der Waals surface area contributed by atoms with E-state index in [1.165, 1.54) is 5.56 Å². The maximum Gasteiger partial charge on any atom is 0.261 e. The van der Waals surface area contributed by atoms with Gasteiger partial charge in [-0.2, -0.15) is 0 Å². The molecule has 0 aliphatic carbocycles. The lowest BCUT2D eigenvalue weighted by Gasteiger charge is -2.34. The van der Waals surface area contributed by atoms with E-state index >= 15 is 0 Å². The summed E-state index contributed by atoms with van der Waals surface area (Å²) in [5.74, 6) is 2.76. The summed E-state index contributed by atoms with van der Waals surface area (Å²) < 4.78 is 36.1. The van der Waals surface area contributed by atoms with Crippen LogP contribution in [0.5, 0.6) is 17.2 Å². The summed E-state index contributed by atoms with van der Waals surface area (Å²) in [4.78, 5) is 51.5. The molecule has 0 bridgehead atoms. The lowest BCUT2D eigenvalue weighted by molar-refractivity contribution is -0.118. The van der Waals surface area contributed by atoms with Gasteiger partial charge in [0.25, 0.3) is 11.8 Å². The fraction of sp³-hybridized carbons (Fsp3) is 0.433. The Morgan fingerprint density at radius 3 is 2.17 bits per heavy atom. The van der Waals surface area contributed by atoms with E-state index in [9.17, 15) is 14.4 Å². The fourth-order valence-electron chi connectivity index (χ4n) is 10.4. The maximum absolute atomic E-state index is 14.2. The first-order valence-electron chi connectivity index (χ1n) is 26.3. The van der Waals surface area contributed by atoms with E-state index in [2.05, 4.69) is 67.3 Å². The van der Waals surface area contributed by atoms with E-state index < -0.39 is 0 Å². The number of carbonyl (C=O) groups is 3. The van der Waals surface area contributed by atoms with Crippen molar-refractivity contribution in [3.8, 4) is 17.2 Å². The second-order valence-corrected chi connectivity index (χ2v) is 23.4. The van der Waals surface area contributed by atoms with Crippen molar-refractivity contribution in [1.29, 1.82) is 0 Å². The van der Waals surface area contributed by atoms with Gasteiger partial charge in [0.2, 0.25) is 0 Å². The number of nitrogens with zero attached hydrogens (tertiary/aromatic N) is 4. The molecule has 75 heavy (non-hydrogen) atoms. The molecule has 9 rings (SSSR count). The Hall–Kier alpha value is -5.84. The molecule has 0 saturated carbocycles. The number of methoxy groups -OCH3 is 2. The Balaban J connectivity index is 0.989. The molecule has 0 radical (unpaired) electrons. The minimum Gasteiger partial charge on any atom is -0.493 e. The topological polar surface area (TPSA) is 129 Å². The van der Waals surface area contributed by atoms with E-state index in [4.69, 9.17) is 33.4 Å². The van der Waals surface area contributed by atoms with Crippen molar-refractivity contribution < 1.29 is 42.8 Å².